The lowest BCUT2D eigenvalue weighted by Gasteiger charge is -2.19. The van der Waals surface area contributed by atoms with E-state index in [-0.39, 0.29) is 12.1 Å². The number of hydrogen-bond acceptors (Lipinski definition) is 4. The minimum absolute atomic E-state index is 0.0222. The zero-order valence-corrected chi connectivity index (χ0v) is 14.2. The molecule has 0 unspecified atom stereocenters. The summed E-state index contributed by atoms with van der Waals surface area (Å²) in [5.74, 6) is 1.55. The number of hydrogen-bond donors (Lipinski definition) is 2. The van der Waals surface area contributed by atoms with Crippen LogP contribution in [0.25, 0.3) is 0 Å². The molecule has 128 valence electrons. The van der Waals surface area contributed by atoms with E-state index in [1.165, 1.54) is 0 Å². The van der Waals surface area contributed by atoms with Crippen LogP contribution in [0, 0.1) is 0 Å². The lowest BCUT2D eigenvalue weighted by molar-refractivity contribution is 0.204. The first-order valence-electron chi connectivity index (χ1n) is 8.21. The molecule has 0 aromatic heterocycles. The van der Waals surface area contributed by atoms with Gasteiger partial charge in [0.15, 0.2) is 11.5 Å². The zero-order valence-electron chi connectivity index (χ0n) is 14.2. The average Bonchev–Trinajstić information content (AvgIpc) is 2.97. The van der Waals surface area contributed by atoms with Crippen LogP contribution in [0.15, 0.2) is 18.2 Å². The molecule has 23 heavy (non-hydrogen) atoms. The second-order valence-corrected chi connectivity index (χ2v) is 5.68. The third-order valence-electron chi connectivity index (χ3n) is 3.99. The van der Waals surface area contributed by atoms with Crippen molar-refractivity contribution in [1.29, 1.82) is 0 Å². The number of benzene rings is 1. The van der Waals surface area contributed by atoms with Crippen LogP contribution < -0.4 is 20.1 Å². The number of carbonyl (C=O) groups excluding carboxylic acids is 1. The average molecular weight is 321 g/mol. The van der Waals surface area contributed by atoms with E-state index < -0.39 is 0 Å². The maximum Gasteiger partial charge on any atom is 0.317 e. The fraction of sp³-hybridized carbons (Fsp3) is 0.588. The molecule has 1 aliphatic heterocycles. The van der Waals surface area contributed by atoms with E-state index in [1.54, 1.807) is 7.11 Å². The van der Waals surface area contributed by atoms with Crippen LogP contribution in [0.5, 0.6) is 11.5 Å². The maximum absolute atomic E-state index is 11.5. The molecule has 6 nitrogen and oxygen atoms in total. The van der Waals surface area contributed by atoms with Gasteiger partial charge in [-0.1, -0.05) is 19.1 Å². The Kier molecular flexibility index (Phi) is 6.52. The Morgan fingerprint density at radius 1 is 1.43 bits per heavy atom. The zero-order chi connectivity index (χ0) is 16.7. The molecular formula is C17H27N3O3. The standard InChI is InChI=1S/C17H27N3O3/c1-4-13(2)23-16-14(6-5-7-15(16)22-3)12-18-8-10-20-11-9-19-17(20)21/h5-7,13,18H,4,8-12H2,1-3H3,(H,19,21)/t13-/m0/s1. The molecule has 0 spiro atoms. The van der Waals surface area contributed by atoms with Crippen LogP contribution in [0.2, 0.25) is 0 Å². The van der Waals surface area contributed by atoms with Crippen molar-refractivity contribution in [2.75, 3.05) is 33.3 Å². The molecule has 2 amide bonds. The summed E-state index contributed by atoms with van der Waals surface area (Å²) in [7, 11) is 1.65. The van der Waals surface area contributed by atoms with Gasteiger partial charge in [0, 0.05) is 38.3 Å². The van der Waals surface area contributed by atoms with Gasteiger partial charge < -0.3 is 25.0 Å². The molecular weight excluding hydrogens is 294 g/mol. The van der Waals surface area contributed by atoms with Gasteiger partial charge in [0.05, 0.1) is 13.2 Å². The third-order valence-corrected chi connectivity index (χ3v) is 3.99. The highest BCUT2D eigenvalue weighted by Gasteiger charge is 2.18. The number of methoxy groups -OCH3 is 1. The van der Waals surface area contributed by atoms with Crippen LogP contribution in [0.4, 0.5) is 4.79 Å². The van der Waals surface area contributed by atoms with Crippen molar-refractivity contribution in [1.82, 2.24) is 15.5 Å². The highest BCUT2D eigenvalue weighted by molar-refractivity contribution is 5.76. The Bertz CT molecular complexity index is 522. The van der Waals surface area contributed by atoms with Crippen molar-refractivity contribution in [2.24, 2.45) is 0 Å². The topological polar surface area (TPSA) is 62.8 Å². The maximum atomic E-state index is 11.5. The fourth-order valence-electron chi connectivity index (χ4n) is 2.44. The molecule has 1 aliphatic rings. The Balaban J connectivity index is 1.91. The highest BCUT2D eigenvalue weighted by atomic mass is 16.5. The Hall–Kier alpha value is -1.95. The molecule has 1 aromatic rings. The van der Waals surface area contributed by atoms with Gasteiger partial charge in [-0.3, -0.25) is 0 Å². The molecule has 1 fully saturated rings. The summed E-state index contributed by atoms with van der Waals surface area (Å²) in [6.45, 7) is 7.79. The molecule has 0 radical (unpaired) electrons. The second kappa shape index (κ2) is 8.62. The normalized spacial score (nSPS) is 15.4. The number of nitrogens with zero attached hydrogens (tertiary/aromatic N) is 1. The van der Waals surface area contributed by atoms with Crippen molar-refractivity contribution in [3.63, 3.8) is 0 Å². The number of urea groups is 1. The SMILES string of the molecule is CC[C@H](C)Oc1c(CNCCN2CCNC2=O)cccc1OC. The molecule has 0 saturated carbocycles. The number of amides is 2. The van der Waals surface area contributed by atoms with E-state index in [9.17, 15) is 4.79 Å². The van der Waals surface area contributed by atoms with Gasteiger partial charge in [-0.05, 0) is 19.4 Å². The summed E-state index contributed by atoms with van der Waals surface area (Å²) in [6, 6.07) is 5.94. The summed E-state index contributed by atoms with van der Waals surface area (Å²) in [5, 5.41) is 6.18. The van der Waals surface area contributed by atoms with Gasteiger partial charge in [-0.2, -0.15) is 0 Å². The summed E-state index contributed by atoms with van der Waals surface area (Å²) < 4.78 is 11.4. The predicted octanol–water partition coefficient (Wildman–Crippen LogP) is 1.99. The smallest absolute Gasteiger partial charge is 0.317 e. The lowest BCUT2D eigenvalue weighted by Crippen LogP contribution is -2.34. The van der Waals surface area contributed by atoms with Crippen molar-refractivity contribution in [2.45, 2.75) is 32.9 Å². The molecule has 0 aliphatic carbocycles. The van der Waals surface area contributed by atoms with Gasteiger partial charge in [0.25, 0.3) is 0 Å². The van der Waals surface area contributed by atoms with Gasteiger partial charge >= 0.3 is 6.03 Å². The van der Waals surface area contributed by atoms with Crippen molar-refractivity contribution in [3.8, 4) is 11.5 Å². The van der Waals surface area contributed by atoms with E-state index in [1.807, 2.05) is 23.1 Å². The third kappa shape index (κ3) is 4.76. The summed E-state index contributed by atoms with van der Waals surface area (Å²) >= 11 is 0. The van der Waals surface area contributed by atoms with E-state index in [2.05, 4.69) is 24.5 Å². The van der Waals surface area contributed by atoms with Gasteiger partial charge in [0.1, 0.15) is 0 Å². The van der Waals surface area contributed by atoms with Crippen LogP contribution in [-0.4, -0.2) is 50.3 Å². The Labute approximate surface area is 138 Å². The minimum Gasteiger partial charge on any atom is -0.493 e. The summed E-state index contributed by atoms with van der Waals surface area (Å²) in [6.07, 6.45) is 1.08. The summed E-state index contributed by atoms with van der Waals surface area (Å²) in [5.41, 5.74) is 1.07. The highest BCUT2D eigenvalue weighted by Crippen LogP contribution is 2.32. The molecule has 1 atom stereocenters. The van der Waals surface area contributed by atoms with Crippen LogP contribution >= 0.6 is 0 Å². The van der Waals surface area contributed by atoms with E-state index in [0.717, 1.165) is 43.1 Å². The van der Waals surface area contributed by atoms with Crippen molar-refractivity contribution < 1.29 is 14.3 Å². The first-order chi connectivity index (χ1) is 11.2. The van der Waals surface area contributed by atoms with Gasteiger partial charge in [-0.25, -0.2) is 4.79 Å². The number of nitrogens with one attached hydrogen (secondary N) is 2. The predicted molar refractivity (Wildman–Crippen MR) is 90.1 cm³/mol. The lowest BCUT2D eigenvalue weighted by atomic mass is 10.1. The Morgan fingerprint density at radius 2 is 2.26 bits per heavy atom. The van der Waals surface area contributed by atoms with Crippen LogP contribution in [0.1, 0.15) is 25.8 Å². The number of ether oxygens (including phenoxy) is 2. The van der Waals surface area contributed by atoms with E-state index >= 15 is 0 Å². The molecule has 0 bridgehead atoms. The number of para-hydroxylation sites is 1. The molecule has 2 N–H and O–H groups in total. The number of rotatable bonds is 9. The van der Waals surface area contributed by atoms with Crippen LogP contribution in [0.3, 0.4) is 0 Å². The van der Waals surface area contributed by atoms with Crippen LogP contribution in [-0.2, 0) is 6.54 Å². The monoisotopic (exact) mass is 321 g/mol. The minimum atomic E-state index is 0.0222. The largest absolute Gasteiger partial charge is 0.493 e. The van der Waals surface area contributed by atoms with E-state index in [0.29, 0.717) is 13.1 Å². The van der Waals surface area contributed by atoms with Gasteiger partial charge in [0.2, 0.25) is 0 Å². The molecule has 1 saturated heterocycles. The second-order valence-electron chi connectivity index (χ2n) is 5.68. The fourth-order valence-corrected chi connectivity index (χ4v) is 2.44. The molecule has 6 heteroatoms. The molecule has 2 rings (SSSR count). The van der Waals surface area contributed by atoms with Crippen molar-refractivity contribution in [3.05, 3.63) is 23.8 Å². The molecule has 1 aromatic carbocycles. The number of carbonyl (C=O) groups is 1. The van der Waals surface area contributed by atoms with E-state index in [4.69, 9.17) is 9.47 Å². The first kappa shape index (κ1) is 17.4. The first-order valence-corrected chi connectivity index (χ1v) is 8.21. The van der Waals surface area contributed by atoms with Crippen molar-refractivity contribution >= 4 is 6.03 Å². The quantitative estimate of drug-likeness (QED) is 0.683. The van der Waals surface area contributed by atoms with Gasteiger partial charge in [-0.15, -0.1) is 0 Å². The Morgan fingerprint density at radius 3 is 2.91 bits per heavy atom. The summed E-state index contributed by atoms with van der Waals surface area (Å²) in [4.78, 5) is 13.3. The molecule has 1 heterocycles.